The highest BCUT2D eigenvalue weighted by Crippen LogP contribution is 2.21. The van der Waals surface area contributed by atoms with Crippen molar-refractivity contribution in [3.63, 3.8) is 0 Å². The van der Waals surface area contributed by atoms with Crippen molar-refractivity contribution in [1.82, 2.24) is 0 Å². The highest BCUT2D eigenvalue weighted by molar-refractivity contribution is 6.60. The Morgan fingerprint density at radius 1 is 0.696 bits per heavy atom. The van der Waals surface area contributed by atoms with Gasteiger partial charge in [-0.3, -0.25) is 0 Å². The maximum Gasteiger partial charge on any atom is 0.501 e. The lowest BCUT2D eigenvalue weighted by Crippen LogP contribution is -2.47. The van der Waals surface area contributed by atoms with Crippen molar-refractivity contribution in [3.8, 4) is 0 Å². The van der Waals surface area contributed by atoms with Crippen LogP contribution in [0.1, 0.15) is 67.2 Å². The quantitative estimate of drug-likeness (QED) is 0.444. The lowest BCUT2D eigenvalue weighted by molar-refractivity contribution is 0.0499. The smallest absolute Gasteiger partial charge is 0.373 e. The molecule has 5 heteroatoms. The molecule has 0 rings (SSSR count). The average molecular weight is 348 g/mol. The molecular weight excluding hydrogens is 306 g/mol. The Bertz CT molecular complexity index is 237. The van der Waals surface area contributed by atoms with Crippen molar-refractivity contribution >= 4 is 8.80 Å². The monoisotopic (exact) mass is 347 g/mol. The van der Waals surface area contributed by atoms with E-state index in [-0.39, 0.29) is 0 Å². The zero-order chi connectivity index (χ0) is 17.7. The largest absolute Gasteiger partial charge is 0.501 e. The van der Waals surface area contributed by atoms with Crippen LogP contribution in [0.25, 0.3) is 0 Å². The summed E-state index contributed by atoms with van der Waals surface area (Å²) in [5, 5.41) is 0. The molecule has 23 heavy (non-hydrogen) atoms. The van der Waals surface area contributed by atoms with E-state index in [1.807, 2.05) is 0 Å². The normalized spacial score (nSPS) is 12.8. The summed E-state index contributed by atoms with van der Waals surface area (Å²) < 4.78 is 18.7. The molecule has 4 nitrogen and oxygen atoms in total. The van der Waals surface area contributed by atoms with E-state index < -0.39 is 8.80 Å². The van der Waals surface area contributed by atoms with Crippen LogP contribution >= 0.6 is 0 Å². The molecule has 0 aliphatic heterocycles. The molecule has 0 aromatic rings. The van der Waals surface area contributed by atoms with Crippen LogP contribution < -0.4 is 5.73 Å². The summed E-state index contributed by atoms with van der Waals surface area (Å²) in [6.07, 6.45) is 4.02. The Hall–Kier alpha value is 0.0569. The van der Waals surface area contributed by atoms with Gasteiger partial charge in [0.05, 0.1) is 0 Å². The van der Waals surface area contributed by atoms with Gasteiger partial charge < -0.3 is 19.0 Å². The van der Waals surface area contributed by atoms with Crippen LogP contribution in [-0.4, -0.2) is 35.2 Å². The lowest BCUT2D eigenvalue weighted by Gasteiger charge is -2.30. The Morgan fingerprint density at radius 3 is 1.30 bits per heavy atom. The molecule has 0 saturated heterocycles. The van der Waals surface area contributed by atoms with Crippen molar-refractivity contribution < 1.29 is 13.3 Å². The first-order chi connectivity index (χ1) is 10.8. The molecule has 0 aliphatic carbocycles. The van der Waals surface area contributed by atoms with Gasteiger partial charge in [-0.25, -0.2) is 0 Å². The van der Waals surface area contributed by atoms with Gasteiger partial charge >= 0.3 is 8.80 Å². The molecule has 0 aromatic heterocycles. The second kappa shape index (κ2) is 13.4. The molecule has 2 N–H and O–H groups in total. The van der Waals surface area contributed by atoms with E-state index in [4.69, 9.17) is 19.0 Å². The van der Waals surface area contributed by atoms with E-state index >= 15 is 0 Å². The van der Waals surface area contributed by atoms with Crippen molar-refractivity contribution in [2.24, 2.45) is 23.5 Å². The Labute approximate surface area is 145 Å². The summed E-state index contributed by atoms with van der Waals surface area (Å²) in [6, 6.07) is 0.831. The topological polar surface area (TPSA) is 53.7 Å². The van der Waals surface area contributed by atoms with Crippen molar-refractivity contribution in [3.05, 3.63) is 0 Å². The van der Waals surface area contributed by atoms with Crippen molar-refractivity contribution in [2.45, 2.75) is 73.3 Å². The summed E-state index contributed by atoms with van der Waals surface area (Å²) >= 11 is 0. The zero-order valence-corrected chi connectivity index (χ0v) is 17.4. The maximum atomic E-state index is 6.25. The molecule has 0 bridgehead atoms. The number of nitrogens with two attached hydrogens (primary N) is 1. The van der Waals surface area contributed by atoms with E-state index in [0.717, 1.165) is 51.5 Å². The van der Waals surface area contributed by atoms with Gasteiger partial charge in [0.25, 0.3) is 0 Å². The van der Waals surface area contributed by atoms with Crippen LogP contribution in [0.4, 0.5) is 0 Å². The van der Waals surface area contributed by atoms with Crippen molar-refractivity contribution in [1.29, 1.82) is 0 Å². The van der Waals surface area contributed by atoms with Crippen molar-refractivity contribution in [2.75, 3.05) is 26.4 Å². The van der Waals surface area contributed by atoms with Gasteiger partial charge in [0.1, 0.15) is 0 Å². The summed E-state index contributed by atoms with van der Waals surface area (Å²) in [5.41, 5.74) is 5.72. The third-order valence-corrected chi connectivity index (χ3v) is 6.64. The third-order valence-electron chi connectivity index (χ3n) is 3.74. The molecular formula is C18H41NO3Si. The molecule has 0 unspecified atom stereocenters. The van der Waals surface area contributed by atoms with Gasteiger partial charge in [-0.1, -0.05) is 41.5 Å². The number of hydrogen-bond donors (Lipinski definition) is 1. The fourth-order valence-corrected chi connectivity index (χ4v) is 4.62. The van der Waals surface area contributed by atoms with Gasteiger partial charge in [0.15, 0.2) is 0 Å². The predicted octanol–water partition coefficient (Wildman–Crippen LogP) is 4.46. The second-order valence-electron chi connectivity index (χ2n) is 7.67. The first kappa shape index (κ1) is 23.1. The zero-order valence-electron chi connectivity index (χ0n) is 16.4. The predicted molar refractivity (Wildman–Crippen MR) is 100 cm³/mol. The highest BCUT2D eigenvalue weighted by atomic mass is 28.4. The Balaban J connectivity index is 4.71. The fraction of sp³-hybridized carbons (Fsp3) is 1.00. The maximum absolute atomic E-state index is 6.25. The van der Waals surface area contributed by atoms with Gasteiger partial charge in [0.2, 0.25) is 0 Å². The number of rotatable bonds is 15. The molecule has 0 amide bonds. The molecule has 0 radical (unpaired) electrons. The molecule has 0 fully saturated rings. The second-order valence-corrected chi connectivity index (χ2v) is 10.4. The minimum Gasteiger partial charge on any atom is -0.373 e. The minimum absolute atomic E-state index is 0.627. The Morgan fingerprint density at radius 2 is 1.04 bits per heavy atom. The van der Waals surface area contributed by atoms with Crippen LogP contribution in [0.5, 0.6) is 0 Å². The molecule has 0 heterocycles. The summed E-state index contributed by atoms with van der Waals surface area (Å²) in [5.74, 6) is 1.88. The molecule has 0 aliphatic rings. The van der Waals surface area contributed by atoms with Crippen LogP contribution in [-0.2, 0) is 13.3 Å². The van der Waals surface area contributed by atoms with E-state index in [1.54, 1.807) is 0 Å². The van der Waals surface area contributed by atoms with Crippen LogP contribution in [0.15, 0.2) is 0 Å². The van der Waals surface area contributed by atoms with Gasteiger partial charge in [-0.05, 0) is 50.0 Å². The SMILES string of the molecule is CC(C)CCO[Si](CCCN)(OCCC(C)C)OCCC(C)C. The van der Waals surface area contributed by atoms with Gasteiger partial charge in [-0.15, -0.1) is 0 Å². The molecule has 0 atom stereocenters. The first-order valence-electron chi connectivity index (χ1n) is 9.43. The summed E-state index contributed by atoms with van der Waals surface area (Å²) in [4.78, 5) is 0. The average Bonchev–Trinajstić information content (AvgIpc) is 2.43. The van der Waals surface area contributed by atoms with Gasteiger partial charge in [0, 0.05) is 25.9 Å². The first-order valence-corrected chi connectivity index (χ1v) is 11.4. The minimum atomic E-state index is -2.60. The Kier molecular flexibility index (Phi) is 13.4. The summed E-state index contributed by atoms with van der Waals surface area (Å²) in [7, 11) is -2.60. The standard InChI is InChI=1S/C18H41NO3Si/c1-16(2)8-12-20-23(15-7-11-19,21-13-9-17(3)4)22-14-10-18(5)6/h16-18H,7-15,19H2,1-6H3. The van der Waals surface area contributed by atoms with E-state index in [9.17, 15) is 0 Å². The van der Waals surface area contributed by atoms with E-state index in [0.29, 0.717) is 24.3 Å². The molecule has 140 valence electrons. The third kappa shape index (κ3) is 13.1. The van der Waals surface area contributed by atoms with E-state index in [2.05, 4.69) is 41.5 Å². The highest BCUT2D eigenvalue weighted by Gasteiger charge is 2.40. The van der Waals surface area contributed by atoms with E-state index in [1.165, 1.54) is 0 Å². The van der Waals surface area contributed by atoms with Gasteiger partial charge in [-0.2, -0.15) is 0 Å². The molecule has 0 saturated carbocycles. The molecule has 0 aromatic carbocycles. The number of hydrogen-bond acceptors (Lipinski definition) is 4. The fourth-order valence-electron chi connectivity index (χ4n) is 2.01. The lowest BCUT2D eigenvalue weighted by atomic mass is 10.2. The summed E-state index contributed by atoms with van der Waals surface area (Å²) in [6.45, 7) is 16.1. The van der Waals surface area contributed by atoms with Crippen LogP contribution in [0, 0.1) is 17.8 Å². The molecule has 0 spiro atoms. The van der Waals surface area contributed by atoms with Crippen LogP contribution in [0.3, 0.4) is 0 Å². The van der Waals surface area contributed by atoms with Crippen LogP contribution in [0.2, 0.25) is 6.04 Å².